The van der Waals surface area contributed by atoms with Gasteiger partial charge in [0.25, 0.3) is 0 Å². The minimum Gasteiger partial charge on any atom is -0.487 e. The first-order valence-electron chi connectivity index (χ1n) is 7.31. The van der Waals surface area contributed by atoms with Gasteiger partial charge in [0.15, 0.2) is 0 Å². The van der Waals surface area contributed by atoms with Crippen molar-refractivity contribution in [3.8, 4) is 5.75 Å². The van der Waals surface area contributed by atoms with Crippen molar-refractivity contribution >= 4 is 11.6 Å². The highest BCUT2D eigenvalue weighted by molar-refractivity contribution is 6.30. The van der Waals surface area contributed by atoms with E-state index in [0.29, 0.717) is 17.2 Å². The Hall–Kier alpha value is -2.46. The lowest BCUT2D eigenvalue weighted by Crippen LogP contribution is -2.12. The van der Waals surface area contributed by atoms with E-state index in [2.05, 4.69) is 0 Å². The molecule has 4 rings (SSSR count). The first-order chi connectivity index (χ1) is 11.1. The Morgan fingerprint density at radius 1 is 1.13 bits per heavy atom. The maximum Gasteiger partial charge on any atom is 0.362 e. The molecule has 0 amide bonds. The summed E-state index contributed by atoms with van der Waals surface area (Å²) in [6, 6.07) is 15.3. The molecule has 0 radical (unpaired) electrons. The molecule has 0 fully saturated rings. The van der Waals surface area contributed by atoms with Crippen LogP contribution in [0.4, 0.5) is 0 Å². The highest BCUT2D eigenvalue weighted by Crippen LogP contribution is 2.40. The van der Waals surface area contributed by atoms with Gasteiger partial charge in [0.05, 0.1) is 5.56 Å². The average molecular weight is 328 g/mol. The Kier molecular flexibility index (Phi) is 3.27. The SMILES string of the molecule is Cn1oc(=O)c2c1COc1ccccc1C2c1ccc(Cl)cc1. The largest absolute Gasteiger partial charge is 0.487 e. The summed E-state index contributed by atoms with van der Waals surface area (Å²) >= 11 is 6.01. The molecule has 23 heavy (non-hydrogen) atoms. The predicted molar refractivity (Wildman–Crippen MR) is 87.1 cm³/mol. The van der Waals surface area contributed by atoms with Crippen LogP contribution in [0.3, 0.4) is 0 Å². The van der Waals surface area contributed by atoms with E-state index in [4.69, 9.17) is 20.9 Å². The van der Waals surface area contributed by atoms with Gasteiger partial charge in [0.1, 0.15) is 18.1 Å². The smallest absolute Gasteiger partial charge is 0.362 e. The van der Waals surface area contributed by atoms with Gasteiger partial charge in [0.2, 0.25) is 0 Å². The number of para-hydroxylation sites is 1. The number of hydrogen-bond acceptors (Lipinski definition) is 3. The second-order valence-electron chi connectivity index (χ2n) is 5.55. The lowest BCUT2D eigenvalue weighted by atomic mass is 9.85. The molecule has 1 atom stereocenters. The first-order valence-corrected chi connectivity index (χ1v) is 7.69. The molecular weight excluding hydrogens is 314 g/mol. The van der Waals surface area contributed by atoms with Gasteiger partial charge in [-0.25, -0.2) is 9.53 Å². The van der Waals surface area contributed by atoms with E-state index in [1.807, 2.05) is 48.5 Å². The summed E-state index contributed by atoms with van der Waals surface area (Å²) in [6.45, 7) is 0.304. The van der Waals surface area contributed by atoms with Crippen molar-refractivity contribution in [1.82, 2.24) is 4.74 Å². The van der Waals surface area contributed by atoms with Crippen molar-refractivity contribution in [1.29, 1.82) is 0 Å². The van der Waals surface area contributed by atoms with Gasteiger partial charge in [-0.3, -0.25) is 0 Å². The Bertz CT molecular complexity index is 924. The fraction of sp³-hybridized carbons (Fsp3) is 0.167. The summed E-state index contributed by atoms with van der Waals surface area (Å²) in [5, 5.41) is 0.659. The standard InChI is InChI=1S/C18H14ClNO3/c1-20-14-10-22-15-5-3-2-4-13(15)16(17(14)18(21)23-20)11-6-8-12(19)9-7-11/h2-9,16H,10H2,1H3. The fourth-order valence-electron chi connectivity index (χ4n) is 3.12. The number of aromatic nitrogens is 1. The van der Waals surface area contributed by atoms with E-state index in [9.17, 15) is 4.79 Å². The van der Waals surface area contributed by atoms with Crippen molar-refractivity contribution in [2.45, 2.75) is 12.5 Å². The number of hydrogen-bond donors (Lipinski definition) is 0. The highest BCUT2D eigenvalue weighted by Gasteiger charge is 2.32. The average Bonchev–Trinajstić information content (AvgIpc) is 2.73. The number of rotatable bonds is 1. The number of ether oxygens (including phenoxy) is 1. The molecule has 0 saturated carbocycles. The third-order valence-electron chi connectivity index (χ3n) is 4.22. The molecule has 5 heteroatoms. The summed E-state index contributed by atoms with van der Waals surface area (Å²) in [5.74, 6) is 0.543. The zero-order valence-electron chi connectivity index (χ0n) is 12.5. The normalized spacial score (nSPS) is 16.2. The van der Waals surface area contributed by atoms with E-state index >= 15 is 0 Å². The van der Waals surface area contributed by atoms with Crippen LogP contribution in [0.5, 0.6) is 5.75 Å². The topological polar surface area (TPSA) is 44.4 Å². The minimum absolute atomic E-state index is 0.238. The second kappa shape index (κ2) is 5.32. The molecule has 2 heterocycles. The van der Waals surface area contributed by atoms with E-state index in [1.165, 1.54) is 4.74 Å². The van der Waals surface area contributed by atoms with Crippen LogP contribution in [0.1, 0.15) is 28.3 Å². The Labute approximate surface area is 137 Å². The molecule has 0 spiro atoms. The fourth-order valence-corrected chi connectivity index (χ4v) is 3.25. The van der Waals surface area contributed by atoms with Gasteiger partial charge >= 0.3 is 5.63 Å². The molecule has 116 valence electrons. The minimum atomic E-state index is -0.331. The van der Waals surface area contributed by atoms with Crippen LogP contribution >= 0.6 is 11.6 Å². The molecular formula is C18H14ClNO3. The van der Waals surface area contributed by atoms with Crippen molar-refractivity contribution in [2.24, 2.45) is 7.05 Å². The van der Waals surface area contributed by atoms with Crippen molar-refractivity contribution in [3.63, 3.8) is 0 Å². The van der Waals surface area contributed by atoms with Gasteiger partial charge in [0, 0.05) is 23.6 Å². The van der Waals surface area contributed by atoms with E-state index in [-0.39, 0.29) is 11.5 Å². The summed E-state index contributed by atoms with van der Waals surface area (Å²) in [6.07, 6.45) is 0. The van der Waals surface area contributed by atoms with E-state index in [0.717, 1.165) is 22.6 Å². The maximum atomic E-state index is 12.4. The Morgan fingerprint density at radius 2 is 1.87 bits per heavy atom. The van der Waals surface area contributed by atoms with Crippen LogP contribution in [0, 0.1) is 0 Å². The third-order valence-corrected chi connectivity index (χ3v) is 4.47. The lowest BCUT2D eigenvalue weighted by molar-refractivity contribution is 0.239. The van der Waals surface area contributed by atoms with Crippen LogP contribution in [0.2, 0.25) is 5.02 Å². The van der Waals surface area contributed by atoms with E-state index < -0.39 is 0 Å². The number of fused-ring (bicyclic) bond motifs is 2. The molecule has 4 nitrogen and oxygen atoms in total. The van der Waals surface area contributed by atoms with Gasteiger partial charge in [-0.1, -0.05) is 41.9 Å². The summed E-state index contributed by atoms with van der Waals surface area (Å²) in [4.78, 5) is 12.4. The molecule has 2 aromatic carbocycles. The molecule has 3 aromatic rings. The monoisotopic (exact) mass is 327 g/mol. The number of nitrogens with zero attached hydrogens (tertiary/aromatic N) is 1. The maximum absolute atomic E-state index is 12.4. The quantitative estimate of drug-likeness (QED) is 0.684. The van der Waals surface area contributed by atoms with Crippen LogP contribution in [0.25, 0.3) is 0 Å². The zero-order valence-corrected chi connectivity index (χ0v) is 13.2. The second-order valence-corrected chi connectivity index (χ2v) is 5.98. The van der Waals surface area contributed by atoms with Crippen LogP contribution < -0.4 is 10.4 Å². The molecule has 0 bridgehead atoms. The summed E-state index contributed by atoms with van der Waals surface area (Å²) in [7, 11) is 1.72. The Balaban J connectivity index is 2.02. The van der Waals surface area contributed by atoms with Crippen LogP contribution in [-0.2, 0) is 13.7 Å². The molecule has 0 aliphatic carbocycles. The lowest BCUT2D eigenvalue weighted by Gasteiger charge is -2.16. The highest BCUT2D eigenvalue weighted by atomic mass is 35.5. The number of aryl methyl sites for hydroxylation is 1. The third kappa shape index (κ3) is 2.26. The first kappa shape index (κ1) is 14.2. The van der Waals surface area contributed by atoms with Gasteiger partial charge in [-0.05, 0) is 23.8 Å². The van der Waals surface area contributed by atoms with Gasteiger partial charge in [-0.15, -0.1) is 0 Å². The summed E-state index contributed by atoms with van der Waals surface area (Å²) in [5.41, 5.74) is 2.98. The van der Waals surface area contributed by atoms with Crippen molar-refractivity contribution in [3.05, 3.63) is 86.4 Å². The van der Waals surface area contributed by atoms with Crippen molar-refractivity contribution in [2.75, 3.05) is 0 Å². The number of halogens is 1. The van der Waals surface area contributed by atoms with Gasteiger partial charge < -0.3 is 9.26 Å². The zero-order chi connectivity index (χ0) is 16.0. The van der Waals surface area contributed by atoms with E-state index in [1.54, 1.807) is 7.05 Å². The molecule has 1 aliphatic rings. The number of benzene rings is 2. The molecule has 1 unspecified atom stereocenters. The molecule has 0 saturated heterocycles. The molecule has 1 aromatic heterocycles. The molecule has 0 N–H and O–H groups in total. The Morgan fingerprint density at radius 3 is 2.65 bits per heavy atom. The van der Waals surface area contributed by atoms with Crippen LogP contribution in [0.15, 0.2) is 57.8 Å². The molecule has 1 aliphatic heterocycles. The van der Waals surface area contributed by atoms with Gasteiger partial charge in [-0.2, -0.15) is 0 Å². The predicted octanol–water partition coefficient (Wildman–Crippen LogP) is 3.70. The van der Waals surface area contributed by atoms with Crippen molar-refractivity contribution < 1.29 is 9.26 Å². The summed E-state index contributed by atoms with van der Waals surface area (Å²) < 4.78 is 12.7. The van der Waals surface area contributed by atoms with Crippen LogP contribution in [-0.4, -0.2) is 4.74 Å².